The Kier molecular flexibility index (Phi) is 3.04. The molecule has 0 aliphatic carbocycles. The molecule has 3 heterocycles. The van der Waals surface area contributed by atoms with Gasteiger partial charge in [-0.2, -0.15) is 0 Å². The topological polar surface area (TPSA) is 48.4 Å². The molecule has 2 atom stereocenters. The van der Waals surface area contributed by atoms with Crippen LogP contribution in [-0.4, -0.2) is 30.1 Å². The maximum Gasteiger partial charge on any atom is 0.184 e. The molecule has 0 saturated carbocycles. The molecule has 0 aromatic carbocycles. The van der Waals surface area contributed by atoms with Crippen molar-refractivity contribution in [3.63, 3.8) is 0 Å². The zero-order valence-corrected chi connectivity index (χ0v) is 10.5. The summed E-state index contributed by atoms with van der Waals surface area (Å²) in [7, 11) is 1.59. The Labute approximate surface area is 106 Å². The van der Waals surface area contributed by atoms with Crippen molar-refractivity contribution in [3.8, 4) is 5.75 Å². The minimum atomic E-state index is 0.0807. The molecule has 2 aliphatic rings. The molecule has 0 radical (unpaired) electrons. The fourth-order valence-corrected chi connectivity index (χ4v) is 2.93. The Balaban J connectivity index is 1.73. The van der Waals surface area contributed by atoms with Crippen LogP contribution in [0.5, 0.6) is 5.75 Å². The van der Waals surface area contributed by atoms with E-state index in [1.165, 1.54) is 0 Å². The van der Waals surface area contributed by atoms with E-state index in [-0.39, 0.29) is 23.9 Å². The Morgan fingerprint density at radius 1 is 1.33 bits per heavy atom. The van der Waals surface area contributed by atoms with E-state index in [0.29, 0.717) is 11.4 Å². The number of pyridine rings is 1. The predicted molar refractivity (Wildman–Crippen MR) is 65.7 cm³/mol. The van der Waals surface area contributed by atoms with E-state index in [1.54, 1.807) is 25.4 Å². The lowest BCUT2D eigenvalue weighted by Gasteiger charge is -2.27. The summed E-state index contributed by atoms with van der Waals surface area (Å²) in [6.07, 6.45) is 6.08. The van der Waals surface area contributed by atoms with Gasteiger partial charge in [-0.1, -0.05) is 0 Å². The van der Waals surface area contributed by atoms with Crippen LogP contribution in [0.2, 0.25) is 0 Å². The fraction of sp³-hybridized carbons (Fsp3) is 0.571. The van der Waals surface area contributed by atoms with Gasteiger partial charge in [-0.05, 0) is 37.8 Å². The number of aromatic nitrogens is 1. The van der Waals surface area contributed by atoms with Crippen molar-refractivity contribution in [2.45, 2.75) is 37.9 Å². The average molecular weight is 247 g/mol. The lowest BCUT2D eigenvalue weighted by atomic mass is 9.90. The van der Waals surface area contributed by atoms with Gasteiger partial charge in [-0.3, -0.25) is 4.79 Å². The highest BCUT2D eigenvalue weighted by atomic mass is 16.5. The van der Waals surface area contributed by atoms with Gasteiger partial charge in [-0.15, -0.1) is 0 Å². The number of ketones is 1. The first-order valence-electron chi connectivity index (χ1n) is 6.46. The molecule has 18 heavy (non-hydrogen) atoms. The van der Waals surface area contributed by atoms with Crippen LogP contribution in [0, 0.1) is 5.92 Å². The Hall–Kier alpha value is -1.42. The van der Waals surface area contributed by atoms with Crippen LogP contribution in [0.25, 0.3) is 0 Å². The summed E-state index contributed by atoms with van der Waals surface area (Å²) < 4.78 is 10.8. The lowest BCUT2D eigenvalue weighted by Crippen LogP contribution is -2.30. The summed E-state index contributed by atoms with van der Waals surface area (Å²) in [5, 5.41) is 0. The van der Waals surface area contributed by atoms with Gasteiger partial charge in [0.15, 0.2) is 5.78 Å². The number of rotatable bonds is 3. The molecule has 2 aliphatic heterocycles. The van der Waals surface area contributed by atoms with E-state index in [2.05, 4.69) is 4.98 Å². The van der Waals surface area contributed by atoms with Crippen LogP contribution in [0.4, 0.5) is 0 Å². The summed E-state index contributed by atoms with van der Waals surface area (Å²) in [4.78, 5) is 16.5. The standard InChI is InChI=1S/C14H17NO3/c1-17-12-4-5-13(15-8-12)14(16)9-6-10-2-3-11(7-9)18-10/h4-5,8-11H,2-3,6-7H2,1H3. The summed E-state index contributed by atoms with van der Waals surface area (Å²) in [5.74, 6) is 0.911. The second-order valence-electron chi connectivity index (χ2n) is 5.07. The van der Waals surface area contributed by atoms with Crippen LogP contribution in [0.3, 0.4) is 0 Å². The molecule has 4 nitrogen and oxygen atoms in total. The van der Waals surface area contributed by atoms with E-state index >= 15 is 0 Å². The van der Waals surface area contributed by atoms with Gasteiger partial charge < -0.3 is 9.47 Å². The second-order valence-corrected chi connectivity index (χ2v) is 5.07. The van der Waals surface area contributed by atoms with Crippen molar-refractivity contribution in [2.75, 3.05) is 7.11 Å². The normalized spacial score (nSPS) is 30.2. The SMILES string of the molecule is COc1ccc(C(=O)C2CC3CCC(C2)O3)nc1. The molecule has 1 aromatic rings. The Bertz CT molecular complexity index is 431. The average Bonchev–Trinajstić information content (AvgIpc) is 2.77. The maximum absolute atomic E-state index is 12.4. The van der Waals surface area contributed by atoms with E-state index < -0.39 is 0 Å². The number of methoxy groups -OCH3 is 1. The fourth-order valence-electron chi connectivity index (χ4n) is 2.93. The second kappa shape index (κ2) is 4.69. The van der Waals surface area contributed by atoms with E-state index in [1.807, 2.05) is 0 Å². The van der Waals surface area contributed by atoms with E-state index in [0.717, 1.165) is 25.7 Å². The first-order chi connectivity index (χ1) is 8.76. The van der Waals surface area contributed by atoms with Crippen molar-refractivity contribution in [1.29, 1.82) is 0 Å². The number of hydrogen-bond donors (Lipinski definition) is 0. The van der Waals surface area contributed by atoms with Crippen LogP contribution >= 0.6 is 0 Å². The molecule has 2 unspecified atom stereocenters. The summed E-state index contributed by atoms with van der Waals surface area (Å²) >= 11 is 0. The monoisotopic (exact) mass is 247 g/mol. The zero-order valence-electron chi connectivity index (χ0n) is 10.5. The van der Waals surface area contributed by atoms with Gasteiger partial charge in [0.1, 0.15) is 11.4 Å². The molecular formula is C14H17NO3. The van der Waals surface area contributed by atoms with Gasteiger partial charge in [0.25, 0.3) is 0 Å². The predicted octanol–water partition coefficient (Wildman–Crippen LogP) is 2.23. The van der Waals surface area contributed by atoms with Crippen LogP contribution in [-0.2, 0) is 4.74 Å². The molecule has 2 bridgehead atoms. The smallest absolute Gasteiger partial charge is 0.184 e. The molecular weight excluding hydrogens is 230 g/mol. The summed E-state index contributed by atoms with van der Waals surface area (Å²) in [6.45, 7) is 0. The quantitative estimate of drug-likeness (QED) is 0.768. The van der Waals surface area contributed by atoms with Crippen molar-refractivity contribution in [1.82, 2.24) is 4.98 Å². The number of nitrogens with zero attached hydrogens (tertiary/aromatic N) is 1. The summed E-state index contributed by atoms with van der Waals surface area (Å²) in [6, 6.07) is 3.53. The molecule has 3 rings (SSSR count). The van der Waals surface area contributed by atoms with Crippen LogP contribution < -0.4 is 4.74 Å². The van der Waals surface area contributed by atoms with Crippen LogP contribution in [0.15, 0.2) is 18.3 Å². The Morgan fingerprint density at radius 3 is 2.61 bits per heavy atom. The molecule has 4 heteroatoms. The van der Waals surface area contributed by atoms with Gasteiger partial charge >= 0.3 is 0 Å². The molecule has 0 amide bonds. The third-order valence-electron chi connectivity index (χ3n) is 3.89. The van der Waals surface area contributed by atoms with Crippen molar-refractivity contribution < 1.29 is 14.3 Å². The number of fused-ring (bicyclic) bond motifs is 2. The largest absolute Gasteiger partial charge is 0.495 e. The number of ether oxygens (including phenoxy) is 2. The van der Waals surface area contributed by atoms with E-state index in [4.69, 9.17) is 9.47 Å². The summed E-state index contributed by atoms with van der Waals surface area (Å²) in [5.41, 5.74) is 0.544. The van der Waals surface area contributed by atoms with Gasteiger partial charge in [0.05, 0.1) is 25.5 Å². The maximum atomic E-state index is 12.4. The number of Topliss-reactive ketones (excluding diaryl/α,β-unsaturated/α-hetero) is 1. The minimum absolute atomic E-state index is 0.0807. The Morgan fingerprint density at radius 2 is 2.06 bits per heavy atom. The highest BCUT2D eigenvalue weighted by Crippen LogP contribution is 2.37. The minimum Gasteiger partial charge on any atom is -0.495 e. The molecule has 0 spiro atoms. The third-order valence-corrected chi connectivity index (χ3v) is 3.89. The van der Waals surface area contributed by atoms with Crippen LogP contribution in [0.1, 0.15) is 36.2 Å². The number of carbonyl (C=O) groups excluding carboxylic acids is 1. The highest BCUT2D eigenvalue weighted by Gasteiger charge is 2.38. The number of hydrogen-bond acceptors (Lipinski definition) is 4. The van der Waals surface area contributed by atoms with Gasteiger partial charge in [0, 0.05) is 5.92 Å². The lowest BCUT2D eigenvalue weighted by molar-refractivity contribution is -0.0150. The molecule has 2 saturated heterocycles. The third kappa shape index (κ3) is 2.12. The van der Waals surface area contributed by atoms with E-state index in [9.17, 15) is 4.79 Å². The first kappa shape index (κ1) is 11.7. The molecule has 2 fully saturated rings. The molecule has 96 valence electrons. The molecule has 1 aromatic heterocycles. The molecule has 0 N–H and O–H groups in total. The zero-order chi connectivity index (χ0) is 12.5. The number of carbonyl (C=O) groups is 1. The first-order valence-corrected chi connectivity index (χ1v) is 6.46. The highest BCUT2D eigenvalue weighted by molar-refractivity contribution is 5.96. The van der Waals surface area contributed by atoms with Crippen molar-refractivity contribution in [3.05, 3.63) is 24.0 Å². The van der Waals surface area contributed by atoms with Gasteiger partial charge in [0.2, 0.25) is 0 Å². The van der Waals surface area contributed by atoms with Crippen molar-refractivity contribution >= 4 is 5.78 Å². The van der Waals surface area contributed by atoms with Gasteiger partial charge in [-0.25, -0.2) is 4.98 Å². The van der Waals surface area contributed by atoms with Crippen molar-refractivity contribution in [2.24, 2.45) is 5.92 Å².